The molecule has 98 valence electrons. The third-order valence-corrected chi connectivity index (χ3v) is 3.50. The van der Waals surface area contributed by atoms with E-state index in [-0.39, 0.29) is 11.9 Å². The molecule has 1 aromatic rings. The Kier molecular flexibility index (Phi) is 4.20. The summed E-state index contributed by atoms with van der Waals surface area (Å²) >= 11 is 0. The highest BCUT2D eigenvalue weighted by molar-refractivity contribution is 5.94. The number of carbonyl (C=O) groups is 1. The molecule has 1 aliphatic heterocycles. The minimum Gasteiger partial charge on any atom is -0.497 e. The number of methoxy groups -OCH3 is 1. The molecule has 0 saturated carbocycles. The molecule has 2 rings (SSSR count). The van der Waals surface area contributed by atoms with E-state index in [4.69, 9.17) is 10.5 Å². The first kappa shape index (κ1) is 12.9. The van der Waals surface area contributed by atoms with E-state index < -0.39 is 0 Å². The minimum absolute atomic E-state index is 0.0767. The molecule has 1 aliphatic rings. The molecule has 0 spiro atoms. The largest absolute Gasteiger partial charge is 0.497 e. The molecule has 1 unspecified atom stereocenters. The van der Waals surface area contributed by atoms with Crippen molar-refractivity contribution in [3.8, 4) is 5.75 Å². The van der Waals surface area contributed by atoms with Crippen molar-refractivity contribution in [1.82, 2.24) is 4.90 Å². The van der Waals surface area contributed by atoms with Crippen LogP contribution in [0.1, 0.15) is 29.6 Å². The number of amides is 1. The van der Waals surface area contributed by atoms with Crippen LogP contribution in [0.4, 0.5) is 0 Å². The fourth-order valence-corrected chi connectivity index (χ4v) is 2.41. The lowest BCUT2D eigenvalue weighted by atomic mass is 10.0. The Morgan fingerprint density at radius 3 is 2.72 bits per heavy atom. The van der Waals surface area contributed by atoms with Crippen LogP contribution >= 0.6 is 0 Å². The summed E-state index contributed by atoms with van der Waals surface area (Å²) in [5.41, 5.74) is 6.45. The number of nitrogens with zero attached hydrogens (tertiary/aromatic N) is 1. The van der Waals surface area contributed by atoms with E-state index in [0.717, 1.165) is 31.6 Å². The molecule has 1 aromatic carbocycles. The highest BCUT2D eigenvalue weighted by atomic mass is 16.5. The van der Waals surface area contributed by atoms with Gasteiger partial charge in [-0.15, -0.1) is 0 Å². The van der Waals surface area contributed by atoms with Crippen LogP contribution in [0.5, 0.6) is 5.75 Å². The predicted molar refractivity (Wildman–Crippen MR) is 70.7 cm³/mol. The summed E-state index contributed by atoms with van der Waals surface area (Å²) in [7, 11) is 1.62. The Morgan fingerprint density at radius 2 is 2.11 bits per heavy atom. The summed E-state index contributed by atoms with van der Waals surface area (Å²) in [6.45, 7) is 1.36. The lowest BCUT2D eigenvalue weighted by Crippen LogP contribution is -2.47. The topological polar surface area (TPSA) is 55.6 Å². The number of likely N-dealkylation sites (tertiary alicyclic amines) is 1. The maximum Gasteiger partial charge on any atom is 0.254 e. The van der Waals surface area contributed by atoms with E-state index in [1.165, 1.54) is 0 Å². The summed E-state index contributed by atoms with van der Waals surface area (Å²) in [4.78, 5) is 14.3. The maximum atomic E-state index is 12.4. The third kappa shape index (κ3) is 2.64. The van der Waals surface area contributed by atoms with Crippen LogP contribution in [-0.2, 0) is 0 Å². The van der Waals surface area contributed by atoms with Crippen LogP contribution in [0.2, 0.25) is 0 Å². The molecular weight excluding hydrogens is 228 g/mol. The SMILES string of the molecule is COc1ccc(C(=O)N2CCCCC2CN)cc1. The van der Waals surface area contributed by atoms with Crippen molar-refractivity contribution in [1.29, 1.82) is 0 Å². The first-order valence-electron chi connectivity index (χ1n) is 6.41. The van der Waals surface area contributed by atoms with Crippen LogP contribution < -0.4 is 10.5 Å². The second kappa shape index (κ2) is 5.87. The van der Waals surface area contributed by atoms with Gasteiger partial charge in [-0.3, -0.25) is 4.79 Å². The van der Waals surface area contributed by atoms with E-state index >= 15 is 0 Å². The predicted octanol–water partition coefficient (Wildman–Crippen LogP) is 1.65. The number of nitrogens with two attached hydrogens (primary N) is 1. The Balaban J connectivity index is 2.13. The van der Waals surface area contributed by atoms with Gasteiger partial charge in [0.1, 0.15) is 5.75 Å². The second-order valence-electron chi connectivity index (χ2n) is 4.61. The summed E-state index contributed by atoms with van der Waals surface area (Å²) in [6.07, 6.45) is 3.24. The molecule has 1 atom stereocenters. The first-order valence-corrected chi connectivity index (χ1v) is 6.41. The summed E-state index contributed by atoms with van der Waals surface area (Å²) in [6, 6.07) is 7.43. The number of piperidine rings is 1. The second-order valence-corrected chi connectivity index (χ2v) is 4.61. The van der Waals surface area contributed by atoms with Crippen molar-refractivity contribution in [2.45, 2.75) is 25.3 Å². The van der Waals surface area contributed by atoms with E-state index in [2.05, 4.69) is 0 Å². The maximum absolute atomic E-state index is 12.4. The van der Waals surface area contributed by atoms with Gasteiger partial charge in [0.05, 0.1) is 7.11 Å². The molecule has 18 heavy (non-hydrogen) atoms. The van der Waals surface area contributed by atoms with E-state index in [1.807, 2.05) is 29.2 Å². The molecule has 4 nitrogen and oxygen atoms in total. The zero-order chi connectivity index (χ0) is 13.0. The van der Waals surface area contributed by atoms with E-state index in [0.29, 0.717) is 12.1 Å². The van der Waals surface area contributed by atoms with Crippen LogP contribution in [0.15, 0.2) is 24.3 Å². The van der Waals surface area contributed by atoms with Crippen molar-refractivity contribution in [2.75, 3.05) is 20.2 Å². The average Bonchev–Trinajstić information content (AvgIpc) is 2.46. The van der Waals surface area contributed by atoms with Crippen molar-refractivity contribution in [3.63, 3.8) is 0 Å². The number of benzene rings is 1. The van der Waals surface area contributed by atoms with Gasteiger partial charge in [0.15, 0.2) is 0 Å². The molecule has 4 heteroatoms. The van der Waals surface area contributed by atoms with Gasteiger partial charge in [-0.1, -0.05) is 0 Å². The molecular formula is C14H20N2O2. The Bertz CT molecular complexity index is 403. The number of hydrogen-bond donors (Lipinski definition) is 1. The molecule has 0 aliphatic carbocycles. The highest BCUT2D eigenvalue weighted by Gasteiger charge is 2.26. The van der Waals surface area contributed by atoms with E-state index in [9.17, 15) is 4.79 Å². The van der Waals surface area contributed by atoms with Gasteiger partial charge < -0.3 is 15.4 Å². The van der Waals surface area contributed by atoms with Crippen LogP contribution in [-0.4, -0.2) is 37.0 Å². The zero-order valence-corrected chi connectivity index (χ0v) is 10.8. The average molecular weight is 248 g/mol. The zero-order valence-electron chi connectivity index (χ0n) is 10.8. The lowest BCUT2D eigenvalue weighted by molar-refractivity contribution is 0.0623. The Labute approximate surface area is 108 Å². The highest BCUT2D eigenvalue weighted by Crippen LogP contribution is 2.20. The number of rotatable bonds is 3. The first-order chi connectivity index (χ1) is 8.76. The van der Waals surface area contributed by atoms with E-state index in [1.54, 1.807) is 7.11 Å². The Hall–Kier alpha value is -1.55. The summed E-state index contributed by atoms with van der Waals surface area (Å²) < 4.78 is 5.09. The van der Waals surface area contributed by atoms with Gasteiger partial charge in [-0.25, -0.2) is 0 Å². The molecule has 0 aromatic heterocycles. The van der Waals surface area contributed by atoms with Gasteiger partial charge in [0, 0.05) is 24.7 Å². The monoisotopic (exact) mass is 248 g/mol. The third-order valence-electron chi connectivity index (χ3n) is 3.50. The molecule has 2 N–H and O–H groups in total. The van der Waals surface area contributed by atoms with Crippen molar-refractivity contribution >= 4 is 5.91 Å². The molecule has 1 amide bonds. The minimum atomic E-state index is 0.0767. The number of hydrogen-bond acceptors (Lipinski definition) is 3. The fourth-order valence-electron chi connectivity index (χ4n) is 2.41. The fraction of sp³-hybridized carbons (Fsp3) is 0.500. The standard InChI is InChI=1S/C14H20N2O2/c1-18-13-7-5-11(6-8-13)14(17)16-9-3-2-4-12(16)10-15/h5-8,12H,2-4,9-10,15H2,1H3. The van der Waals surface area contributed by atoms with Gasteiger partial charge in [0.2, 0.25) is 0 Å². The van der Waals surface area contributed by atoms with Crippen LogP contribution in [0, 0.1) is 0 Å². The normalized spacial score (nSPS) is 19.7. The molecule has 0 radical (unpaired) electrons. The van der Waals surface area contributed by atoms with Crippen molar-refractivity contribution in [3.05, 3.63) is 29.8 Å². The van der Waals surface area contributed by atoms with Crippen molar-refractivity contribution < 1.29 is 9.53 Å². The number of ether oxygens (including phenoxy) is 1. The Morgan fingerprint density at radius 1 is 1.39 bits per heavy atom. The van der Waals surface area contributed by atoms with Gasteiger partial charge >= 0.3 is 0 Å². The molecule has 0 bridgehead atoms. The van der Waals surface area contributed by atoms with Crippen LogP contribution in [0.25, 0.3) is 0 Å². The smallest absolute Gasteiger partial charge is 0.254 e. The quantitative estimate of drug-likeness (QED) is 0.885. The summed E-state index contributed by atoms with van der Waals surface area (Å²) in [5, 5.41) is 0. The van der Waals surface area contributed by atoms with Crippen molar-refractivity contribution in [2.24, 2.45) is 5.73 Å². The number of carbonyl (C=O) groups excluding carboxylic acids is 1. The molecule has 1 heterocycles. The van der Waals surface area contributed by atoms with Gasteiger partial charge in [-0.05, 0) is 43.5 Å². The van der Waals surface area contributed by atoms with Gasteiger partial charge in [0.25, 0.3) is 5.91 Å². The molecule has 1 saturated heterocycles. The lowest BCUT2D eigenvalue weighted by Gasteiger charge is -2.35. The van der Waals surface area contributed by atoms with Gasteiger partial charge in [-0.2, -0.15) is 0 Å². The summed E-state index contributed by atoms with van der Waals surface area (Å²) in [5.74, 6) is 0.841. The van der Waals surface area contributed by atoms with Crippen LogP contribution in [0.3, 0.4) is 0 Å². The molecule has 1 fully saturated rings.